The summed E-state index contributed by atoms with van der Waals surface area (Å²) in [6.07, 6.45) is 10.6. The first-order chi connectivity index (χ1) is 12.1. The minimum absolute atomic E-state index is 0.0366. The highest BCUT2D eigenvalue weighted by Gasteiger charge is 2.04. The first-order valence-corrected chi connectivity index (χ1v) is 9.59. The van der Waals surface area contributed by atoms with Crippen molar-refractivity contribution in [1.29, 1.82) is 0 Å². The van der Waals surface area contributed by atoms with Crippen molar-refractivity contribution in [1.82, 2.24) is 5.23 Å². The highest BCUT2D eigenvalue weighted by atomic mass is 16.9. The van der Waals surface area contributed by atoms with E-state index in [4.69, 9.17) is 25.0 Å². The Balaban J connectivity index is 0. The van der Waals surface area contributed by atoms with Gasteiger partial charge in [0.2, 0.25) is 0 Å². The van der Waals surface area contributed by atoms with Crippen molar-refractivity contribution in [3.05, 3.63) is 0 Å². The molecule has 0 saturated heterocycles. The fraction of sp³-hybridized carbons (Fsp3) is 0.944. The molecule has 0 amide bonds. The van der Waals surface area contributed by atoms with E-state index in [1.54, 1.807) is 0 Å². The summed E-state index contributed by atoms with van der Waals surface area (Å²) in [6, 6.07) is 0. The molecule has 0 heterocycles. The second-order valence-corrected chi connectivity index (χ2v) is 5.79. The molecule has 7 nitrogen and oxygen atoms in total. The predicted molar refractivity (Wildman–Crippen MR) is 97.9 cm³/mol. The molecular weight excluding hydrogens is 326 g/mol. The van der Waals surface area contributed by atoms with Crippen LogP contribution < -0.4 is 0 Å². The van der Waals surface area contributed by atoms with Gasteiger partial charge in [0.15, 0.2) is 0 Å². The summed E-state index contributed by atoms with van der Waals surface area (Å²) in [7, 11) is 0. The highest BCUT2D eigenvalue weighted by molar-refractivity contribution is 5.66. The maximum atomic E-state index is 10.1. The second kappa shape index (κ2) is 23.3. The quantitative estimate of drug-likeness (QED) is 0.269. The van der Waals surface area contributed by atoms with Crippen LogP contribution in [0.5, 0.6) is 0 Å². The second-order valence-electron chi connectivity index (χ2n) is 5.79. The van der Waals surface area contributed by atoms with Gasteiger partial charge in [0, 0.05) is 6.42 Å². The minimum Gasteiger partial charge on any atom is -0.481 e. The van der Waals surface area contributed by atoms with Crippen molar-refractivity contribution >= 4 is 5.97 Å². The van der Waals surface area contributed by atoms with Gasteiger partial charge in [-0.05, 0) is 12.8 Å². The van der Waals surface area contributed by atoms with Gasteiger partial charge in [0.1, 0.15) is 0 Å². The number of nitrogens with zero attached hydrogens (tertiary/aromatic N) is 1. The molecule has 0 aromatic carbocycles. The summed E-state index contributed by atoms with van der Waals surface area (Å²) in [6.45, 7) is 5.28. The number of hydroxylamine groups is 2. The van der Waals surface area contributed by atoms with E-state index >= 15 is 0 Å². The van der Waals surface area contributed by atoms with Gasteiger partial charge in [-0.1, -0.05) is 64.0 Å². The average molecular weight is 366 g/mol. The van der Waals surface area contributed by atoms with Crippen LogP contribution in [0.3, 0.4) is 0 Å². The standard InChI is InChI=1S/C10H20O2.C8H19NO4/c1-2-3-4-5-6-7-8-9-10(11)12;1-2-3-4-9(12-7-5-10)13-8-6-11/h2-9H2,1H3,(H,11,12);10-11H,2-8H2,1H3. The number of carboxylic acids is 1. The van der Waals surface area contributed by atoms with E-state index < -0.39 is 5.97 Å². The maximum Gasteiger partial charge on any atom is 0.303 e. The Bertz CT molecular complexity index is 247. The van der Waals surface area contributed by atoms with Crippen LogP contribution in [0.15, 0.2) is 0 Å². The number of carboxylic acid groups (broad SMARTS) is 1. The van der Waals surface area contributed by atoms with E-state index in [0.29, 0.717) is 13.0 Å². The molecule has 0 radical (unpaired) electrons. The molecule has 0 atom stereocenters. The van der Waals surface area contributed by atoms with Gasteiger partial charge in [0.25, 0.3) is 0 Å². The van der Waals surface area contributed by atoms with E-state index in [1.165, 1.54) is 37.3 Å². The van der Waals surface area contributed by atoms with Gasteiger partial charge in [0.05, 0.1) is 33.0 Å². The zero-order valence-corrected chi connectivity index (χ0v) is 16.1. The number of carbonyl (C=O) groups is 1. The van der Waals surface area contributed by atoms with E-state index in [9.17, 15) is 4.79 Å². The molecule has 0 aromatic heterocycles. The van der Waals surface area contributed by atoms with Crippen molar-refractivity contribution in [2.45, 2.75) is 78.1 Å². The molecule has 0 aliphatic rings. The molecule has 152 valence electrons. The third-order valence-corrected chi connectivity index (χ3v) is 3.34. The van der Waals surface area contributed by atoms with Crippen LogP contribution in [0.1, 0.15) is 78.1 Å². The largest absolute Gasteiger partial charge is 0.481 e. The summed E-state index contributed by atoms with van der Waals surface area (Å²) >= 11 is 0. The summed E-state index contributed by atoms with van der Waals surface area (Å²) in [5, 5.41) is 26.7. The maximum absolute atomic E-state index is 10.1. The number of hydrogen-bond donors (Lipinski definition) is 3. The van der Waals surface area contributed by atoms with Gasteiger partial charge in [-0.25, -0.2) is 0 Å². The monoisotopic (exact) mass is 365 g/mol. The van der Waals surface area contributed by atoms with Crippen LogP contribution in [-0.4, -0.2) is 59.5 Å². The zero-order chi connectivity index (χ0) is 19.2. The van der Waals surface area contributed by atoms with Crippen molar-refractivity contribution < 1.29 is 29.8 Å². The normalized spacial score (nSPS) is 10.6. The molecule has 0 fully saturated rings. The molecule has 0 rings (SSSR count). The van der Waals surface area contributed by atoms with E-state index in [2.05, 4.69) is 13.8 Å². The third-order valence-electron chi connectivity index (χ3n) is 3.34. The Morgan fingerprint density at radius 2 is 1.28 bits per heavy atom. The zero-order valence-electron chi connectivity index (χ0n) is 16.1. The van der Waals surface area contributed by atoms with Gasteiger partial charge >= 0.3 is 5.97 Å². The van der Waals surface area contributed by atoms with Gasteiger partial charge in [-0.3, -0.25) is 14.5 Å². The Labute approximate surface area is 152 Å². The van der Waals surface area contributed by atoms with E-state index in [1.807, 2.05) is 0 Å². The Kier molecular flexibility index (Phi) is 24.7. The van der Waals surface area contributed by atoms with E-state index in [-0.39, 0.29) is 26.4 Å². The fourth-order valence-electron chi connectivity index (χ4n) is 1.97. The van der Waals surface area contributed by atoms with Crippen molar-refractivity contribution in [2.75, 3.05) is 33.0 Å². The summed E-state index contributed by atoms with van der Waals surface area (Å²) < 4.78 is 0. The molecule has 0 bridgehead atoms. The molecule has 0 unspecified atom stereocenters. The van der Waals surface area contributed by atoms with Gasteiger partial charge in [-0.15, -0.1) is 0 Å². The van der Waals surface area contributed by atoms with Crippen LogP contribution >= 0.6 is 0 Å². The first-order valence-electron chi connectivity index (χ1n) is 9.59. The SMILES string of the molecule is CCCCCCCCCC(=O)O.CCCCN(OCCO)OCCO. The van der Waals surface area contributed by atoms with E-state index in [0.717, 1.165) is 25.7 Å². The predicted octanol–water partition coefficient (Wildman–Crippen LogP) is 3.15. The van der Waals surface area contributed by atoms with Gasteiger partial charge < -0.3 is 15.3 Å². The Morgan fingerprint density at radius 3 is 1.72 bits per heavy atom. The molecule has 0 aliphatic heterocycles. The first kappa shape index (κ1) is 26.5. The Hall–Kier alpha value is -0.730. The highest BCUT2D eigenvalue weighted by Crippen LogP contribution is 2.07. The smallest absolute Gasteiger partial charge is 0.303 e. The Morgan fingerprint density at radius 1 is 0.800 bits per heavy atom. The number of hydrogen-bond acceptors (Lipinski definition) is 6. The number of aliphatic hydroxyl groups is 2. The van der Waals surface area contributed by atoms with Crippen LogP contribution in [-0.2, 0) is 14.5 Å². The molecular formula is C18H39NO6. The lowest BCUT2D eigenvalue weighted by atomic mass is 10.1. The van der Waals surface area contributed by atoms with Crippen LogP contribution in [0.25, 0.3) is 0 Å². The lowest BCUT2D eigenvalue weighted by molar-refractivity contribution is -0.371. The molecule has 25 heavy (non-hydrogen) atoms. The number of aliphatic hydroxyl groups excluding tert-OH is 2. The summed E-state index contributed by atoms with van der Waals surface area (Å²) in [5.74, 6) is -0.663. The third kappa shape index (κ3) is 25.6. The number of aliphatic carboxylic acids is 1. The minimum atomic E-state index is -0.663. The molecule has 0 saturated carbocycles. The van der Waals surface area contributed by atoms with Crippen LogP contribution in [0, 0.1) is 0 Å². The molecule has 0 spiro atoms. The van der Waals surface area contributed by atoms with Gasteiger partial charge in [-0.2, -0.15) is 0 Å². The average Bonchev–Trinajstić information content (AvgIpc) is 2.60. The molecule has 3 N–H and O–H groups in total. The van der Waals surface area contributed by atoms with Crippen LogP contribution in [0.4, 0.5) is 0 Å². The lowest BCUT2D eigenvalue weighted by Gasteiger charge is -2.19. The molecule has 7 heteroatoms. The van der Waals surface area contributed by atoms with Crippen molar-refractivity contribution in [2.24, 2.45) is 0 Å². The number of rotatable bonds is 17. The topological polar surface area (TPSA) is 99.5 Å². The summed E-state index contributed by atoms with van der Waals surface area (Å²) in [5.41, 5.74) is 0. The lowest BCUT2D eigenvalue weighted by Crippen LogP contribution is -2.28. The summed E-state index contributed by atoms with van der Waals surface area (Å²) in [4.78, 5) is 20.2. The molecule has 0 aromatic rings. The van der Waals surface area contributed by atoms with Crippen molar-refractivity contribution in [3.63, 3.8) is 0 Å². The number of unbranched alkanes of at least 4 members (excludes halogenated alkanes) is 7. The van der Waals surface area contributed by atoms with Crippen molar-refractivity contribution in [3.8, 4) is 0 Å². The molecule has 0 aliphatic carbocycles. The van der Waals surface area contributed by atoms with Crippen LogP contribution in [0.2, 0.25) is 0 Å². The fourth-order valence-corrected chi connectivity index (χ4v) is 1.97.